The van der Waals surface area contributed by atoms with Gasteiger partial charge in [0.25, 0.3) is 0 Å². The first-order valence-corrected chi connectivity index (χ1v) is 6.82. The fourth-order valence-corrected chi connectivity index (χ4v) is 2.12. The predicted octanol–water partition coefficient (Wildman–Crippen LogP) is 4.97. The van der Waals surface area contributed by atoms with Gasteiger partial charge in [-0.1, -0.05) is 73.8 Å². The molecule has 0 spiro atoms. The average Bonchev–Trinajstić information content (AvgIpc) is 2.54. The monoisotopic (exact) mass is 273 g/mol. The van der Waals surface area contributed by atoms with Crippen molar-refractivity contribution in [2.24, 2.45) is 0 Å². The highest BCUT2D eigenvalue weighted by Crippen LogP contribution is 2.29. The Morgan fingerprint density at radius 2 is 1.48 bits per heavy atom. The van der Waals surface area contributed by atoms with E-state index in [1.165, 1.54) is 0 Å². The Morgan fingerprint density at radius 1 is 0.952 bits per heavy atom. The van der Waals surface area contributed by atoms with E-state index >= 15 is 0 Å². The molecule has 0 amide bonds. The van der Waals surface area contributed by atoms with E-state index in [9.17, 15) is 0 Å². The highest BCUT2D eigenvalue weighted by molar-refractivity contribution is 6.03. The van der Waals surface area contributed by atoms with Crippen molar-refractivity contribution in [1.29, 1.82) is 0 Å². The minimum absolute atomic E-state index is 0.992. The zero-order chi connectivity index (χ0) is 15.1. The molecule has 0 unspecified atom stereocenters. The Labute approximate surface area is 126 Å². The van der Waals surface area contributed by atoms with Crippen LogP contribution in [0.1, 0.15) is 11.1 Å². The molecule has 104 valence electrons. The first-order valence-electron chi connectivity index (χ1n) is 6.82. The molecular formula is C20H19N. The topological polar surface area (TPSA) is 3.24 Å². The molecule has 0 heterocycles. The van der Waals surface area contributed by atoms with Gasteiger partial charge in [-0.15, -0.1) is 5.73 Å². The van der Waals surface area contributed by atoms with Crippen LogP contribution in [0.2, 0.25) is 0 Å². The lowest BCUT2D eigenvalue weighted by Crippen LogP contribution is -2.02. The average molecular weight is 273 g/mol. The molecule has 2 aromatic carbocycles. The predicted molar refractivity (Wildman–Crippen MR) is 91.4 cm³/mol. The molecule has 0 saturated carbocycles. The fourth-order valence-electron chi connectivity index (χ4n) is 2.12. The second kappa shape index (κ2) is 7.14. The quantitative estimate of drug-likeness (QED) is 0.549. The van der Waals surface area contributed by atoms with Crippen molar-refractivity contribution in [3.05, 3.63) is 103 Å². The first kappa shape index (κ1) is 14.6. The Morgan fingerprint density at radius 3 is 2.00 bits per heavy atom. The summed E-state index contributed by atoms with van der Waals surface area (Å²) in [5.74, 6) is 0. The van der Waals surface area contributed by atoms with Crippen molar-refractivity contribution in [3.8, 4) is 0 Å². The third-order valence-electron chi connectivity index (χ3n) is 3.16. The first-order chi connectivity index (χ1) is 10.2. The molecular weight excluding hydrogens is 254 g/mol. The number of hydrogen-bond acceptors (Lipinski definition) is 1. The molecule has 0 aromatic heterocycles. The van der Waals surface area contributed by atoms with Gasteiger partial charge in [0, 0.05) is 25.0 Å². The van der Waals surface area contributed by atoms with Crippen LogP contribution in [0.15, 0.2) is 92.0 Å². The second-order valence-electron chi connectivity index (χ2n) is 4.75. The molecule has 0 aliphatic carbocycles. The smallest absolute Gasteiger partial charge is 0.0455 e. The molecule has 21 heavy (non-hydrogen) atoms. The van der Waals surface area contributed by atoms with Crippen LogP contribution in [-0.4, -0.2) is 11.9 Å². The summed E-state index contributed by atoms with van der Waals surface area (Å²) in [5, 5.41) is 0. The van der Waals surface area contributed by atoms with Crippen LogP contribution in [0, 0.1) is 0 Å². The molecule has 2 rings (SSSR count). The SMILES string of the molecule is C=C=CN(C)/C=C(\C(=C)c1ccccc1)c1ccccc1. The zero-order valence-electron chi connectivity index (χ0n) is 12.3. The van der Waals surface area contributed by atoms with E-state index in [4.69, 9.17) is 0 Å². The molecule has 1 nitrogen and oxygen atoms in total. The van der Waals surface area contributed by atoms with E-state index in [2.05, 4.69) is 43.2 Å². The molecule has 0 N–H and O–H groups in total. The van der Waals surface area contributed by atoms with E-state index in [1.54, 1.807) is 6.20 Å². The summed E-state index contributed by atoms with van der Waals surface area (Å²) in [5.41, 5.74) is 7.10. The molecule has 2 aromatic rings. The lowest BCUT2D eigenvalue weighted by molar-refractivity contribution is 0.630. The number of rotatable bonds is 5. The fraction of sp³-hybridized carbons (Fsp3) is 0.0500. The molecule has 0 aliphatic heterocycles. The largest absolute Gasteiger partial charge is 0.350 e. The zero-order valence-corrected chi connectivity index (χ0v) is 12.3. The van der Waals surface area contributed by atoms with Gasteiger partial charge in [0.1, 0.15) is 0 Å². The van der Waals surface area contributed by atoms with Gasteiger partial charge in [0.05, 0.1) is 0 Å². The molecule has 0 radical (unpaired) electrons. The van der Waals surface area contributed by atoms with Crippen LogP contribution in [0.3, 0.4) is 0 Å². The van der Waals surface area contributed by atoms with Crippen molar-refractivity contribution in [2.45, 2.75) is 0 Å². The lowest BCUT2D eigenvalue weighted by Gasteiger charge is -2.15. The lowest BCUT2D eigenvalue weighted by atomic mass is 9.94. The van der Waals surface area contributed by atoms with Crippen LogP contribution in [0.5, 0.6) is 0 Å². The van der Waals surface area contributed by atoms with Crippen molar-refractivity contribution >= 4 is 11.1 Å². The Balaban J connectivity index is 2.46. The van der Waals surface area contributed by atoms with E-state index < -0.39 is 0 Å². The molecule has 0 saturated heterocycles. The second-order valence-corrected chi connectivity index (χ2v) is 4.75. The molecule has 1 heteroatoms. The van der Waals surface area contributed by atoms with Crippen LogP contribution >= 0.6 is 0 Å². The Bertz CT molecular complexity index is 674. The van der Waals surface area contributed by atoms with Crippen LogP contribution < -0.4 is 0 Å². The maximum atomic E-state index is 4.27. The number of nitrogens with zero attached hydrogens (tertiary/aromatic N) is 1. The highest BCUT2D eigenvalue weighted by atomic mass is 15.0. The van der Waals surface area contributed by atoms with Crippen LogP contribution in [0.4, 0.5) is 0 Å². The van der Waals surface area contributed by atoms with Crippen molar-refractivity contribution in [3.63, 3.8) is 0 Å². The van der Waals surface area contributed by atoms with Crippen LogP contribution in [-0.2, 0) is 0 Å². The maximum absolute atomic E-state index is 4.27. The van der Waals surface area contributed by atoms with Gasteiger partial charge in [-0.25, -0.2) is 0 Å². The molecule has 0 fully saturated rings. The molecule has 0 aliphatic rings. The number of benzene rings is 2. The van der Waals surface area contributed by atoms with Gasteiger partial charge in [-0.05, 0) is 16.7 Å². The number of hydrogen-bond donors (Lipinski definition) is 0. The third kappa shape index (κ3) is 3.85. The highest BCUT2D eigenvalue weighted by Gasteiger charge is 2.08. The minimum Gasteiger partial charge on any atom is -0.350 e. The van der Waals surface area contributed by atoms with E-state index in [0.29, 0.717) is 0 Å². The van der Waals surface area contributed by atoms with Gasteiger partial charge in [-0.2, -0.15) is 0 Å². The molecule has 0 atom stereocenters. The van der Waals surface area contributed by atoms with Gasteiger partial charge in [-0.3, -0.25) is 0 Å². The number of allylic oxidation sites excluding steroid dienone is 2. The van der Waals surface area contributed by atoms with E-state index in [-0.39, 0.29) is 0 Å². The summed E-state index contributed by atoms with van der Waals surface area (Å²) >= 11 is 0. The van der Waals surface area contributed by atoms with Gasteiger partial charge < -0.3 is 4.90 Å². The van der Waals surface area contributed by atoms with E-state index in [1.807, 2.05) is 54.5 Å². The normalized spacial score (nSPS) is 10.6. The van der Waals surface area contributed by atoms with Crippen molar-refractivity contribution in [2.75, 3.05) is 7.05 Å². The summed E-state index contributed by atoms with van der Waals surface area (Å²) in [4.78, 5) is 1.93. The van der Waals surface area contributed by atoms with E-state index in [0.717, 1.165) is 22.3 Å². The van der Waals surface area contributed by atoms with Gasteiger partial charge in [0.15, 0.2) is 0 Å². The van der Waals surface area contributed by atoms with Gasteiger partial charge >= 0.3 is 0 Å². The molecule has 0 bridgehead atoms. The van der Waals surface area contributed by atoms with Crippen molar-refractivity contribution in [1.82, 2.24) is 4.90 Å². The standard InChI is InChI=1S/C20H19N/c1-4-15-21(3)16-20(19-13-9-6-10-14-19)17(2)18-11-7-5-8-12-18/h5-16H,1-2H2,3H3/b20-16+. The van der Waals surface area contributed by atoms with Crippen molar-refractivity contribution < 1.29 is 0 Å². The summed E-state index contributed by atoms with van der Waals surface area (Å²) in [6, 6.07) is 20.5. The summed E-state index contributed by atoms with van der Waals surface area (Å²) in [6.07, 6.45) is 3.84. The minimum atomic E-state index is 0.992. The Kier molecular flexibility index (Phi) is 4.98. The summed E-state index contributed by atoms with van der Waals surface area (Å²) in [7, 11) is 1.96. The van der Waals surface area contributed by atoms with Gasteiger partial charge in [0.2, 0.25) is 0 Å². The summed E-state index contributed by atoms with van der Waals surface area (Å²) < 4.78 is 0. The van der Waals surface area contributed by atoms with Crippen LogP contribution in [0.25, 0.3) is 11.1 Å². The Hall–Kier alpha value is -2.76. The summed E-state index contributed by atoms with van der Waals surface area (Å²) in [6.45, 7) is 7.88. The third-order valence-corrected chi connectivity index (χ3v) is 3.16. The maximum Gasteiger partial charge on any atom is 0.0455 e.